The minimum absolute atomic E-state index is 0.725. The predicted molar refractivity (Wildman–Crippen MR) is 219 cm³/mol. The van der Waals surface area contributed by atoms with Crippen LogP contribution in [0.3, 0.4) is 0 Å². The maximum Gasteiger partial charge on any atom is 0.0404 e. The Morgan fingerprint density at radius 1 is 0.580 bits per heavy atom. The zero-order valence-electron chi connectivity index (χ0n) is 29.3. The molecule has 6 rings (SSSR count). The third kappa shape index (κ3) is 9.95. The normalized spacial score (nSPS) is 10.4. The van der Waals surface area contributed by atoms with E-state index in [4.69, 9.17) is 5.73 Å². The molecule has 0 unspecified atom stereocenters. The van der Waals surface area contributed by atoms with Crippen LogP contribution in [0.15, 0.2) is 172 Å². The molecule has 6 aromatic carbocycles. The molecule has 0 heterocycles. The van der Waals surface area contributed by atoms with Crippen molar-refractivity contribution in [2.24, 2.45) is 0 Å². The fourth-order valence-corrected chi connectivity index (χ4v) is 5.60. The van der Waals surface area contributed by atoms with E-state index in [1.807, 2.05) is 37.3 Å². The molecule has 0 fully saturated rings. The van der Waals surface area contributed by atoms with Gasteiger partial charge in [-0.1, -0.05) is 165 Å². The molecule has 3 N–H and O–H groups in total. The Labute approximate surface area is 298 Å². The molecule has 0 saturated carbocycles. The molecule has 0 amide bonds. The lowest BCUT2D eigenvalue weighted by Gasteiger charge is -2.12. The standard InChI is InChI=1S/C32H30N2.C16H16/c1-22(2)29-7-5-8-30(20-29)23(3)27-15-11-25(12-16-27)19-26-13-17-28(18-14-26)24(4)34-32-10-6-9-31(33)21-32;1-3-14-8-10-16(11-9-14)12-15-6-4-13(2)5-7-15/h5-18,20-21,34H,1,3-4,19,33H2,2H3;3-11H,1,12H2,2H3. The van der Waals surface area contributed by atoms with E-state index in [-0.39, 0.29) is 0 Å². The molecule has 0 spiro atoms. The molecule has 0 bridgehead atoms. The van der Waals surface area contributed by atoms with Gasteiger partial charge in [0.2, 0.25) is 0 Å². The Bertz CT molecular complexity index is 2080. The van der Waals surface area contributed by atoms with Crippen molar-refractivity contribution in [1.82, 2.24) is 0 Å². The highest BCUT2D eigenvalue weighted by Gasteiger charge is 2.06. The average molecular weight is 651 g/mol. The molecule has 2 heteroatoms. The van der Waals surface area contributed by atoms with Crippen LogP contribution < -0.4 is 11.1 Å². The Morgan fingerprint density at radius 3 is 1.62 bits per heavy atom. The molecule has 0 aliphatic carbocycles. The zero-order valence-corrected chi connectivity index (χ0v) is 29.3. The minimum Gasteiger partial charge on any atom is -0.399 e. The van der Waals surface area contributed by atoms with E-state index in [0.29, 0.717) is 0 Å². The van der Waals surface area contributed by atoms with Crippen LogP contribution >= 0.6 is 0 Å². The molecule has 248 valence electrons. The number of hydrogen-bond donors (Lipinski definition) is 2. The van der Waals surface area contributed by atoms with Crippen molar-refractivity contribution in [3.05, 3.63) is 228 Å². The van der Waals surface area contributed by atoms with Crippen LogP contribution in [0, 0.1) is 6.92 Å². The number of allylic oxidation sites excluding steroid dienone is 1. The number of nitrogen functional groups attached to an aromatic ring is 1. The number of rotatable bonds is 11. The fourth-order valence-electron chi connectivity index (χ4n) is 5.60. The van der Waals surface area contributed by atoms with E-state index in [1.54, 1.807) is 0 Å². The van der Waals surface area contributed by atoms with Crippen LogP contribution in [0.25, 0.3) is 22.9 Å². The first-order valence-corrected chi connectivity index (χ1v) is 16.9. The van der Waals surface area contributed by atoms with Gasteiger partial charge in [0, 0.05) is 17.1 Å². The first-order valence-electron chi connectivity index (χ1n) is 16.9. The smallest absolute Gasteiger partial charge is 0.0404 e. The summed E-state index contributed by atoms with van der Waals surface area (Å²) in [6.45, 7) is 20.4. The van der Waals surface area contributed by atoms with Gasteiger partial charge < -0.3 is 11.1 Å². The Balaban J connectivity index is 0.000000253. The second-order valence-electron chi connectivity index (χ2n) is 12.7. The third-order valence-electron chi connectivity index (χ3n) is 8.64. The van der Waals surface area contributed by atoms with Crippen LogP contribution in [-0.2, 0) is 12.8 Å². The lowest BCUT2D eigenvalue weighted by Crippen LogP contribution is -1.98. The maximum atomic E-state index is 5.86. The number of nitrogens with one attached hydrogen (secondary N) is 1. The van der Waals surface area contributed by atoms with Crippen LogP contribution in [0.4, 0.5) is 11.4 Å². The van der Waals surface area contributed by atoms with Gasteiger partial charge in [0.1, 0.15) is 0 Å². The predicted octanol–water partition coefficient (Wildman–Crippen LogP) is 12.3. The van der Waals surface area contributed by atoms with E-state index < -0.39 is 0 Å². The van der Waals surface area contributed by atoms with Crippen LogP contribution in [0.2, 0.25) is 0 Å². The second-order valence-corrected chi connectivity index (χ2v) is 12.7. The van der Waals surface area contributed by atoms with Crippen molar-refractivity contribution in [3.8, 4) is 0 Å². The van der Waals surface area contributed by atoms with Crippen molar-refractivity contribution in [1.29, 1.82) is 0 Å². The van der Waals surface area contributed by atoms with Crippen molar-refractivity contribution in [2.45, 2.75) is 26.7 Å². The molecule has 0 aliphatic rings. The summed E-state index contributed by atoms with van der Waals surface area (Å²) in [7, 11) is 0. The highest BCUT2D eigenvalue weighted by molar-refractivity contribution is 5.80. The second kappa shape index (κ2) is 16.8. The van der Waals surface area contributed by atoms with Gasteiger partial charge in [0.15, 0.2) is 0 Å². The number of aryl methyl sites for hydroxylation is 1. The van der Waals surface area contributed by atoms with Gasteiger partial charge in [0.05, 0.1) is 0 Å². The van der Waals surface area contributed by atoms with Gasteiger partial charge in [-0.2, -0.15) is 0 Å². The highest BCUT2D eigenvalue weighted by Crippen LogP contribution is 2.26. The van der Waals surface area contributed by atoms with Crippen molar-refractivity contribution in [3.63, 3.8) is 0 Å². The summed E-state index contributed by atoms with van der Waals surface area (Å²) >= 11 is 0. The molecule has 50 heavy (non-hydrogen) atoms. The Morgan fingerprint density at radius 2 is 1.08 bits per heavy atom. The lowest BCUT2D eigenvalue weighted by molar-refractivity contribution is 1.19. The van der Waals surface area contributed by atoms with Crippen molar-refractivity contribution in [2.75, 3.05) is 11.1 Å². The number of hydrogen-bond acceptors (Lipinski definition) is 2. The number of benzene rings is 6. The van der Waals surface area contributed by atoms with Gasteiger partial charge in [-0.3, -0.25) is 0 Å². The van der Waals surface area contributed by atoms with E-state index >= 15 is 0 Å². The van der Waals surface area contributed by atoms with Gasteiger partial charge in [-0.25, -0.2) is 0 Å². The van der Waals surface area contributed by atoms with Crippen molar-refractivity contribution < 1.29 is 0 Å². The van der Waals surface area contributed by atoms with E-state index in [2.05, 4.69) is 160 Å². The zero-order chi connectivity index (χ0) is 35.5. The summed E-state index contributed by atoms with van der Waals surface area (Å²) in [4.78, 5) is 0. The summed E-state index contributed by atoms with van der Waals surface area (Å²) in [6.07, 6.45) is 3.74. The summed E-state index contributed by atoms with van der Waals surface area (Å²) in [6, 6.07) is 50.4. The average Bonchev–Trinajstić information content (AvgIpc) is 3.13. The largest absolute Gasteiger partial charge is 0.399 e. The van der Waals surface area contributed by atoms with Crippen LogP contribution in [0.5, 0.6) is 0 Å². The lowest BCUT2D eigenvalue weighted by atomic mass is 9.95. The maximum absolute atomic E-state index is 5.86. The molecular formula is C48H46N2. The topological polar surface area (TPSA) is 38.0 Å². The van der Waals surface area contributed by atoms with Crippen LogP contribution in [-0.4, -0.2) is 0 Å². The number of nitrogens with two attached hydrogens (primary N) is 1. The third-order valence-corrected chi connectivity index (χ3v) is 8.64. The molecule has 2 nitrogen and oxygen atoms in total. The molecule has 0 saturated heterocycles. The summed E-state index contributed by atoms with van der Waals surface area (Å²) in [5.41, 5.74) is 22.6. The van der Waals surface area contributed by atoms with E-state index in [9.17, 15) is 0 Å². The Hall–Kier alpha value is -6.12. The van der Waals surface area contributed by atoms with Gasteiger partial charge in [-0.15, -0.1) is 0 Å². The summed E-state index contributed by atoms with van der Waals surface area (Å²) < 4.78 is 0. The molecule has 0 aromatic heterocycles. The summed E-state index contributed by atoms with van der Waals surface area (Å²) in [5, 5.41) is 3.32. The minimum atomic E-state index is 0.725. The van der Waals surface area contributed by atoms with Crippen molar-refractivity contribution >= 4 is 34.3 Å². The van der Waals surface area contributed by atoms with Crippen LogP contribution in [0.1, 0.15) is 62.6 Å². The Kier molecular flexibility index (Phi) is 11.8. The molecular weight excluding hydrogens is 605 g/mol. The van der Waals surface area contributed by atoms with E-state index in [1.165, 1.54) is 33.4 Å². The van der Waals surface area contributed by atoms with E-state index in [0.717, 1.165) is 63.3 Å². The first kappa shape index (κ1) is 35.2. The molecule has 0 aliphatic heterocycles. The first-order chi connectivity index (χ1) is 24.2. The number of anilines is 2. The quantitative estimate of drug-likeness (QED) is 0.137. The summed E-state index contributed by atoms with van der Waals surface area (Å²) in [5.74, 6) is 0. The monoisotopic (exact) mass is 650 g/mol. The molecule has 0 radical (unpaired) electrons. The highest BCUT2D eigenvalue weighted by atomic mass is 14.9. The molecule has 0 atom stereocenters. The van der Waals surface area contributed by atoms with Gasteiger partial charge >= 0.3 is 0 Å². The fraction of sp³-hybridized carbons (Fsp3) is 0.0833. The van der Waals surface area contributed by atoms with Gasteiger partial charge in [-0.05, 0) is 107 Å². The SMILES string of the molecule is C=C(C)c1cccc(C(=C)c2ccc(Cc3ccc(C(=C)Nc4cccc(N)c4)cc3)cc2)c1.C=Cc1ccc(Cc2ccc(C)cc2)cc1. The van der Waals surface area contributed by atoms with Gasteiger partial charge in [0.25, 0.3) is 0 Å². The molecule has 6 aromatic rings.